The standard InChI is InChI=1S/C7H9N2O4P/c8-7(14(11,12)13)6(10)5-2-1-3-9-4-5/h1-4,7H,8H2,(H2,11,12,13). The van der Waals surface area contributed by atoms with Crippen molar-refractivity contribution < 1.29 is 19.1 Å². The highest BCUT2D eigenvalue weighted by Gasteiger charge is 2.32. The Morgan fingerprint density at radius 3 is 2.64 bits per heavy atom. The first kappa shape index (κ1) is 11.0. The molecule has 6 nitrogen and oxygen atoms in total. The third-order valence-corrected chi connectivity index (χ3v) is 2.54. The van der Waals surface area contributed by atoms with Gasteiger partial charge in [-0.3, -0.25) is 14.3 Å². The van der Waals surface area contributed by atoms with Gasteiger partial charge in [-0.15, -0.1) is 0 Å². The maximum Gasteiger partial charge on any atom is 0.350 e. The molecular weight excluding hydrogens is 207 g/mol. The third-order valence-electron chi connectivity index (χ3n) is 1.58. The van der Waals surface area contributed by atoms with E-state index in [0.29, 0.717) is 0 Å². The molecule has 4 N–H and O–H groups in total. The predicted molar refractivity (Wildman–Crippen MR) is 48.6 cm³/mol. The molecule has 0 saturated carbocycles. The van der Waals surface area contributed by atoms with Crippen molar-refractivity contribution in [3.05, 3.63) is 30.1 Å². The van der Waals surface area contributed by atoms with Crippen molar-refractivity contribution in [3.8, 4) is 0 Å². The van der Waals surface area contributed by atoms with Gasteiger partial charge in [0.2, 0.25) is 0 Å². The fraction of sp³-hybridized carbons (Fsp3) is 0.143. The van der Waals surface area contributed by atoms with Crippen molar-refractivity contribution >= 4 is 13.4 Å². The number of hydrogen-bond donors (Lipinski definition) is 3. The van der Waals surface area contributed by atoms with Crippen molar-refractivity contribution in [1.29, 1.82) is 0 Å². The summed E-state index contributed by atoms with van der Waals surface area (Å²) in [5.41, 5.74) is 5.17. The molecule has 1 atom stereocenters. The van der Waals surface area contributed by atoms with E-state index in [2.05, 4.69) is 4.98 Å². The summed E-state index contributed by atoms with van der Waals surface area (Å²) in [6.07, 6.45) is 2.65. The number of carbonyl (C=O) groups excluding carboxylic acids is 1. The first-order chi connectivity index (χ1) is 6.43. The molecule has 14 heavy (non-hydrogen) atoms. The fourth-order valence-electron chi connectivity index (χ4n) is 0.832. The van der Waals surface area contributed by atoms with Gasteiger partial charge < -0.3 is 15.5 Å². The summed E-state index contributed by atoms with van der Waals surface area (Å²) in [5, 5.41) is 0. The van der Waals surface area contributed by atoms with E-state index in [0.717, 1.165) is 0 Å². The second-order valence-corrected chi connectivity index (χ2v) is 4.37. The summed E-state index contributed by atoms with van der Waals surface area (Å²) in [5.74, 6) is -2.63. The topological polar surface area (TPSA) is 114 Å². The molecule has 1 aromatic heterocycles. The zero-order valence-corrected chi connectivity index (χ0v) is 7.96. The molecule has 76 valence electrons. The molecule has 0 bridgehead atoms. The smallest absolute Gasteiger partial charge is 0.323 e. The van der Waals surface area contributed by atoms with Crippen molar-refractivity contribution in [1.82, 2.24) is 4.98 Å². The number of nitrogens with zero attached hydrogens (tertiary/aromatic N) is 1. The number of Topliss-reactive ketones (excluding diaryl/α,β-unsaturated/α-hetero) is 1. The molecule has 1 rings (SSSR count). The van der Waals surface area contributed by atoms with Crippen LogP contribution < -0.4 is 5.73 Å². The molecule has 0 aliphatic carbocycles. The molecular formula is C7H9N2O4P. The minimum Gasteiger partial charge on any atom is -0.323 e. The molecule has 0 radical (unpaired) electrons. The Balaban J connectivity index is 2.93. The van der Waals surface area contributed by atoms with Crippen LogP contribution >= 0.6 is 7.60 Å². The number of nitrogens with two attached hydrogens (primary N) is 1. The summed E-state index contributed by atoms with van der Waals surface area (Å²) in [4.78, 5) is 32.3. The van der Waals surface area contributed by atoms with Gasteiger partial charge in [0.1, 0.15) is 0 Å². The quantitative estimate of drug-likeness (QED) is 0.473. The molecule has 1 heterocycles. The lowest BCUT2D eigenvalue weighted by Gasteiger charge is -2.11. The van der Waals surface area contributed by atoms with E-state index in [9.17, 15) is 9.36 Å². The highest BCUT2D eigenvalue weighted by Crippen LogP contribution is 2.39. The van der Waals surface area contributed by atoms with Gasteiger partial charge in [0, 0.05) is 18.0 Å². The maximum atomic E-state index is 11.3. The van der Waals surface area contributed by atoms with Crippen LogP contribution in [0.25, 0.3) is 0 Å². The molecule has 0 aliphatic heterocycles. The molecule has 0 saturated heterocycles. The van der Waals surface area contributed by atoms with Gasteiger partial charge in [-0.25, -0.2) is 0 Å². The number of hydrogen-bond acceptors (Lipinski definition) is 4. The van der Waals surface area contributed by atoms with Crippen LogP contribution in [-0.2, 0) is 4.57 Å². The summed E-state index contributed by atoms with van der Waals surface area (Å²) >= 11 is 0. The summed E-state index contributed by atoms with van der Waals surface area (Å²) in [7, 11) is -4.58. The van der Waals surface area contributed by atoms with E-state index < -0.39 is 19.2 Å². The lowest BCUT2D eigenvalue weighted by molar-refractivity contribution is 0.0979. The maximum absolute atomic E-state index is 11.3. The Hall–Kier alpha value is -1.07. The Morgan fingerprint density at radius 2 is 2.21 bits per heavy atom. The van der Waals surface area contributed by atoms with Crippen molar-refractivity contribution in [2.75, 3.05) is 0 Å². The van der Waals surface area contributed by atoms with Gasteiger partial charge in [-0.1, -0.05) is 0 Å². The van der Waals surface area contributed by atoms with E-state index >= 15 is 0 Å². The van der Waals surface area contributed by atoms with Crippen molar-refractivity contribution in [2.45, 2.75) is 5.78 Å². The van der Waals surface area contributed by atoms with Crippen LogP contribution in [0.1, 0.15) is 10.4 Å². The minimum atomic E-state index is -4.58. The summed E-state index contributed by atoms with van der Waals surface area (Å²) in [6, 6.07) is 2.88. The second-order valence-electron chi connectivity index (χ2n) is 2.64. The SMILES string of the molecule is NC(C(=O)c1cccnc1)P(=O)(O)O. The molecule has 0 amide bonds. The average molecular weight is 216 g/mol. The molecule has 0 fully saturated rings. The molecule has 0 spiro atoms. The highest BCUT2D eigenvalue weighted by molar-refractivity contribution is 7.53. The van der Waals surface area contributed by atoms with Crippen molar-refractivity contribution in [2.24, 2.45) is 5.73 Å². The monoisotopic (exact) mass is 216 g/mol. The van der Waals surface area contributed by atoms with Gasteiger partial charge in [-0.05, 0) is 12.1 Å². The van der Waals surface area contributed by atoms with Gasteiger partial charge in [0.15, 0.2) is 11.6 Å². The van der Waals surface area contributed by atoms with E-state index in [1.165, 1.54) is 24.5 Å². The average Bonchev–Trinajstić information content (AvgIpc) is 2.15. The van der Waals surface area contributed by atoms with E-state index in [4.69, 9.17) is 15.5 Å². The largest absolute Gasteiger partial charge is 0.350 e. The van der Waals surface area contributed by atoms with Gasteiger partial charge >= 0.3 is 7.60 Å². The number of ketones is 1. The summed E-state index contributed by atoms with van der Waals surface area (Å²) < 4.78 is 10.7. The number of rotatable bonds is 3. The lowest BCUT2D eigenvalue weighted by Crippen LogP contribution is -2.30. The van der Waals surface area contributed by atoms with E-state index in [-0.39, 0.29) is 5.56 Å². The Kier molecular flexibility index (Phi) is 3.13. The second kappa shape index (κ2) is 3.98. The van der Waals surface area contributed by atoms with Gasteiger partial charge in [0.25, 0.3) is 0 Å². The number of pyridine rings is 1. The first-order valence-electron chi connectivity index (χ1n) is 3.68. The zero-order chi connectivity index (χ0) is 10.8. The van der Waals surface area contributed by atoms with E-state index in [1.54, 1.807) is 0 Å². The molecule has 1 aromatic rings. The molecule has 1 unspecified atom stereocenters. The zero-order valence-electron chi connectivity index (χ0n) is 7.07. The van der Waals surface area contributed by atoms with Crippen LogP contribution in [0, 0.1) is 0 Å². The lowest BCUT2D eigenvalue weighted by atomic mass is 10.2. The molecule has 0 aromatic carbocycles. The van der Waals surface area contributed by atoms with Crippen LogP contribution in [0.5, 0.6) is 0 Å². The molecule has 0 aliphatic rings. The van der Waals surface area contributed by atoms with Crippen LogP contribution in [0.4, 0.5) is 0 Å². The predicted octanol–water partition coefficient (Wildman–Crippen LogP) is -0.273. The minimum absolute atomic E-state index is 0.0864. The van der Waals surface area contributed by atoms with Crippen LogP contribution in [-0.4, -0.2) is 26.3 Å². The number of carbonyl (C=O) groups is 1. The fourth-order valence-corrected chi connectivity index (χ4v) is 1.29. The Bertz CT molecular complexity index is 375. The van der Waals surface area contributed by atoms with Crippen molar-refractivity contribution in [3.63, 3.8) is 0 Å². The van der Waals surface area contributed by atoms with Crippen LogP contribution in [0.2, 0.25) is 0 Å². The highest BCUT2D eigenvalue weighted by atomic mass is 31.2. The summed E-state index contributed by atoms with van der Waals surface area (Å²) in [6.45, 7) is 0. The normalized spacial score (nSPS) is 13.6. The third kappa shape index (κ3) is 2.46. The van der Waals surface area contributed by atoms with Gasteiger partial charge in [-0.2, -0.15) is 0 Å². The van der Waals surface area contributed by atoms with Crippen LogP contribution in [0.15, 0.2) is 24.5 Å². The Morgan fingerprint density at radius 1 is 1.57 bits per heavy atom. The van der Waals surface area contributed by atoms with E-state index in [1.807, 2.05) is 0 Å². The first-order valence-corrected chi connectivity index (χ1v) is 5.36. The molecule has 7 heteroatoms. The van der Waals surface area contributed by atoms with Gasteiger partial charge in [0.05, 0.1) is 0 Å². The Labute approximate surface area is 79.9 Å². The van der Waals surface area contributed by atoms with Crippen LogP contribution in [0.3, 0.4) is 0 Å². The number of aromatic nitrogens is 1.